The molecule has 0 amide bonds. The summed E-state index contributed by atoms with van der Waals surface area (Å²) in [4.78, 5) is 2.73. The van der Waals surface area contributed by atoms with Crippen molar-refractivity contribution in [3.05, 3.63) is 0 Å². The number of nitrogens with two attached hydrogens (primary N) is 1. The van der Waals surface area contributed by atoms with Gasteiger partial charge in [0.15, 0.2) is 0 Å². The molecular weight excluding hydrogens is 208 g/mol. The highest BCUT2D eigenvalue weighted by Crippen LogP contribution is 2.35. The standard InChI is InChI=1S/C15H28N2/c16-15(13-4-2-1-3-5-13)11-17(14-8-9-14)10-12-6-7-12/h12-15H,1-11,16H2. The highest BCUT2D eigenvalue weighted by Gasteiger charge is 2.35. The Balaban J connectivity index is 1.47. The summed E-state index contributed by atoms with van der Waals surface area (Å²) in [6.07, 6.45) is 12.9. The number of hydrogen-bond acceptors (Lipinski definition) is 2. The van der Waals surface area contributed by atoms with E-state index in [1.165, 1.54) is 70.9 Å². The first kappa shape index (κ1) is 12.0. The van der Waals surface area contributed by atoms with Gasteiger partial charge in [0.1, 0.15) is 0 Å². The van der Waals surface area contributed by atoms with Gasteiger partial charge in [-0.2, -0.15) is 0 Å². The Morgan fingerprint density at radius 2 is 1.65 bits per heavy atom. The van der Waals surface area contributed by atoms with Crippen LogP contribution in [-0.4, -0.2) is 30.1 Å². The van der Waals surface area contributed by atoms with E-state index in [4.69, 9.17) is 5.73 Å². The molecular formula is C15H28N2. The Bertz CT molecular complexity index is 239. The van der Waals surface area contributed by atoms with E-state index in [1.54, 1.807) is 0 Å². The largest absolute Gasteiger partial charge is 0.326 e. The van der Waals surface area contributed by atoms with Gasteiger partial charge >= 0.3 is 0 Å². The molecule has 3 rings (SSSR count). The first-order chi connectivity index (χ1) is 8.33. The second-order valence-electron chi connectivity index (χ2n) is 6.69. The predicted molar refractivity (Wildman–Crippen MR) is 71.9 cm³/mol. The van der Waals surface area contributed by atoms with Crippen molar-refractivity contribution in [3.8, 4) is 0 Å². The van der Waals surface area contributed by atoms with Crippen LogP contribution in [0.4, 0.5) is 0 Å². The van der Waals surface area contributed by atoms with Crippen molar-refractivity contribution in [1.82, 2.24) is 4.90 Å². The lowest BCUT2D eigenvalue weighted by molar-refractivity contribution is 0.193. The van der Waals surface area contributed by atoms with Crippen molar-refractivity contribution in [2.75, 3.05) is 13.1 Å². The lowest BCUT2D eigenvalue weighted by atomic mass is 9.84. The minimum absolute atomic E-state index is 0.453. The number of rotatable bonds is 6. The van der Waals surface area contributed by atoms with E-state index in [0.29, 0.717) is 6.04 Å². The quantitative estimate of drug-likeness (QED) is 0.768. The molecule has 3 fully saturated rings. The molecule has 17 heavy (non-hydrogen) atoms. The molecule has 98 valence electrons. The van der Waals surface area contributed by atoms with Crippen LogP contribution in [0.15, 0.2) is 0 Å². The van der Waals surface area contributed by atoms with Crippen LogP contribution in [0.25, 0.3) is 0 Å². The molecule has 1 atom stereocenters. The summed E-state index contributed by atoms with van der Waals surface area (Å²) in [7, 11) is 0. The maximum Gasteiger partial charge on any atom is 0.0196 e. The Kier molecular flexibility index (Phi) is 3.72. The fraction of sp³-hybridized carbons (Fsp3) is 1.00. The minimum Gasteiger partial charge on any atom is -0.326 e. The summed E-state index contributed by atoms with van der Waals surface area (Å²) in [6, 6.07) is 1.36. The van der Waals surface area contributed by atoms with Gasteiger partial charge in [0.25, 0.3) is 0 Å². The van der Waals surface area contributed by atoms with E-state index in [9.17, 15) is 0 Å². The topological polar surface area (TPSA) is 29.3 Å². The molecule has 2 nitrogen and oxygen atoms in total. The van der Waals surface area contributed by atoms with Gasteiger partial charge in [-0.05, 0) is 50.4 Å². The Morgan fingerprint density at radius 1 is 0.941 bits per heavy atom. The van der Waals surface area contributed by atoms with E-state index in [1.807, 2.05) is 0 Å². The van der Waals surface area contributed by atoms with Crippen molar-refractivity contribution in [3.63, 3.8) is 0 Å². The zero-order valence-corrected chi connectivity index (χ0v) is 11.1. The normalized spacial score (nSPS) is 28.6. The third-order valence-electron chi connectivity index (χ3n) is 4.95. The van der Waals surface area contributed by atoms with Crippen LogP contribution >= 0.6 is 0 Å². The Morgan fingerprint density at radius 3 is 2.24 bits per heavy atom. The summed E-state index contributed by atoms with van der Waals surface area (Å²) in [5, 5.41) is 0. The van der Waals surface area contributed by atoms with Gasteiger partial charge < -0.3 is 5.73 Å². The van der Waals surface area contributed by atoms with Crippen LogP contribution in [0.1, 0.15) is 57.8 Å². The maximum atomic E-state index is 6.47. The molecule has 1 unspecified atom stereocenters. The van der Waals surface area contributed by atoms with E-state index in [-0.39, 0.29) is 0 Å². The molecule has 2 N–H and O–H groups in total. The lowest BCUT2D eigenvalue weighted by Crippen LogP contribution is -2.44. The molecule has 3 saturated carbocycles. The molecule has 3 aliphatic rings. The van der Waals surface area contributed by atoms with E-state index in [2.05, 4.69) is 4.90 Å². The highest BCUT2D eigenvalue weighted by molar-refractivity contribution is 4.91. The van der Waals surface area contributed by atoms with Crippen molar-refractivity contribution in [2.24, 2.45) is 17.6 Å². The summed E-state index contributed by atoms with van der Waals surface area (Å²) in [5.74, 6) is 1.85. The SMILES string of the molecule is NC(CN(CC1CC1)C1CC1)C1CCCCC1. The predicted octanol–water partition coefficient (Wildman–Crippen LogP) is 2.77. The lowest BCUT2D eigenvalue weighted by Gasteiger charge is -2.32. The van der Waals surface area contributed by atoms with Crippen molar-refractivity contribution < 1.29 is 0 Å². The molecule has 0 aliphatic heterocycles. The zero-order chi connectivity index (χ0) is 11.7. The average Bonchev–Trinajstić information content (AvgIpc) is 3.22. The number of hydrogen-bond donors (Lipinski definition) is 1. The van der Waals surface area contributed by atoms with Crippen LogP contribution < -0.4 is 5.73 Å². The van der Waals surface area contributed by atoms with Crippen molar-refractivity contribution in [2.45, 2.75) is 69.9 Å². The van der Waals surface area contributed by atoms with Gasteiger partial charge in [0, 0.05) is 25.2 Å². The van der Waals surface area contributed by atoms with Gasteiger partial charge in [0.2, 0.25) is 0 Å². The fourth-order valence-electron chi connectivity index (χ4n) is 3.43. The molecule has 0 aromatic carbocycles. The average molecular weight is 236 g/mol. The molecule has 0 saturated heterocycles. The second-order valence-corrected chi connectivity index (χ2v) is 6.69. The summed E-state index contributed by atoms with van der Waals surface area (Å²) >= 11 is 0. The van der Waals surface area contributed by atoms with Gasteiger partial charge in [-0.3, -0.25) is 4.90 Å². The first-order valence-electron chi connectivity index (χ1n) is 7.82. The molecule has 0 aromatic rings. The molecule has 0 spiro atoms. The number of nitrogens with zero attached hydrogens (tertiary/aromatic N) is 1. The molecule has 2 heteroatoms. The van der Waals surface area contributed by atoms with Crippen LogP contribution in [0.3, 0.4) is 0 Å². The zero-order valence-electron chi connectivity index (χ0n) is 11.1. The summed E-state index contributed by atoms with van der Waals surface area (Å²) in [5.41, 5.74) is 6.47. The van der Waals surface area contributed by atoms with E-state index >= 15 is 0 Å². The van der Waals surface area contributed by atoms with Crippen LogP contribution in [-0.2, 0) is 0 Å². The van der Waals surface area contributed by atoms with Crippen molar-refractivity contribution >= 4 is 0 Å². The van der Waals surface area contributed by atoms with E-state index < -0.39 is 0 Å². The highest BCUT2D eigenvalue weighted by atomic mass is 15.2. The van der Waals surface area contributed by atoms with Crippen LogP contribution in [0.2, 0.25) is 0 Å². The van der Waals surface area contributed by atoms with Crippen LogP contribution in [0, 0.1) is 11.8 Å². The first-order valence-corrected chi connectivity index (χ1v) is 7.82. The Labute approximate surface area is 106 Å². The second kappa shape index (κ2) is 5.27. The van der Waals surface area contributed by atoms with Crippen LogP contribution in [0.5, 0.6) is 0 Å². The maximum absolute atomic E-state index is 6.47. The molecule has 0 bridgehead atoms. The molecule has 0 heterocycles. The van der Waals surface area contributed by atoms with Gasteiger partial charge in [-0.1, -0.05) is 19.3 Å². The summed E-state index contributed by atoms with van der Waals surface area (Å²) < 4.78 is 0. The minimum atomic E-state index is 0.453. The monoisotopic (exact) mass is 236 g/mol. The third kappa shape index (κ3) is 3.45. The van der Waals surface area contributed by atoms with Crippen molar-refractivity contribution in [1.29, 1.82) is 0 Å². The van der Waals surface area contributed by atoms with Gasteiger partial charge in [-0.25, -0.2) is 0 Å². The molecule has 3 aliphatic carbocycles. The molecule has 0 aromatic heterocycles. The van der Waals surface area contributed by atoms with E-state index in [0.717, 1.165) is 17.9 Å². The third-order valence-corrected chi connectivity index (χ3v) is 4.95. The molecule has 0 radical (unpaired) electrons. The van der Waals surface area contributed by atoms with Gasteiger partial charge in [0.05, 0.1) is 0 Å². The van der Waals surface area contributed by atoms with Gasteiger partial charge in [-0.15, -0.1) is 0 Å². The smallest absolute Gasteiger partial charge is 0.0196 e. The summed E-state index contributed by atoms with van der Waals surface area (Å²) in [6.45, 7) is 2.54. The Hall–Kier alpha value is -0.0800. The fourth-order valence-corrected chi connectivity index (χ4v) is 3.43.